The third-order valence-electron chi connectivity index (χ3n) is 5.07. The zero-order chi connectivity index (χ0) is 17.9. The number of hydrogen-bond acceptors (Lipinski definition) is 0. The van der Waals surface area contributed by atoms with Crippen molar-refractivity contribution in [2.45, 2.75) is 12.8 Å². The fraction of sp³-hybridized carbons (Fsp3) is 0.120. The van der Waals surface area contributed by atoms with Crippen molar-refractivity contribution < 1.29 is 0 Å². The number of halogens is 1. The zero-order valence-corrected chi connectivity index (χ0v) is 16.8. The average Bonchev–Trinajstić information content (AvgIpc) is 2.67. The van der Waals surface area contributed by atoms with Crippen LogP contribution in [0.3, 0.4) is 0 Å². The molecule has 0 radical (unpaired) electrons. The van der Waals surface area contributed by atoms with Gasteiger partial charge in [0.2, 0.25) is 0 Å². The van der Waals surface area contributed by atoms with Gasteiger partial charge in [-0.2, -0.15) is 0 Å². The van der Waals surface area contributed by atoms with Crippen molar-refractivity contribution in [3.05, 3.63) is 123 Å². The minimum absolute atomic E-state index is 0.489. The van der Waals surface area contributed by atoms with Gasteiger partial charge in [-0.3, -0.25) is 0 Å². The predicted octanol–water partition coefficient (Wildman–Crippen LogP) is 7.06. The quantitative estimate of drug-likeness (QED) is 0.343. The normalized spacial score (nSPS) is 23.0. The Bertz CT molecular complexity index is 958. The van der Waals surface area contributed by atoms with E-state index in [1.807, 2.05) is 6.08 Å². The molecule has 0 spiro atoms. The van der Waals surface area contributed by atoms with E-state index in [-0.39, 0.29) is 0 Å². The summed E-state index contributed by atoms with van der Waals surface area (Å²) < 4.78 is 1.30. The summed E-state index contributed by atoms with van der Waals surface area (Å²) in [7, 11) is 0. The molecule has 4 rings (SSSR count). The minimum atomic E-state index is 0.489. The van der Waals surface area contributed by atoms with Gasteiger partial charge >= 0.3 is 0 Å². The molecule has 0 saturated heterocycles. The second-order valence-electron chi connectivity index (χ2n) is 6.84. The molecule has 3 aliphatic rings. The molecule has 0 bridgehead atoms. The number of fused-ring (bicyclic) bond motifs is 2. The fourth-order valence-electron chi connectivity index (χ4n) is 3.71. The lowest BCUT2D eigenvalue weighted by Crippen LogP contribution is -2.09. The summed E-state index contributed by atoms with van der Waals surface area (Å²) in [5.41, 5.74) is 8.14. The van der Waals surface area contributed by atoms with Crippen LogP contribution in [-0.4, -0.2) is 0 Å². The third kappa shape index (κ3) is 3.68. The fourth-order valence-corrected chi connectivity index (χ4v) is 4.28. The molecule has 0 nitrogen and oxygen atoms in total. The Morgan fingerprint density at radius 2 is 2.00 bits per heavy atom. The van der Waals surface area contributed by atoms with Crippen LogP contribution in [0.25, 0.3) is 6.08 Å². The van der Waals surface area contributed by atoms with Crippen molar-refractivity contribution in [3.8, 4) is 0 Å². The van der Waals surface area contributed by atoms with E-state index in [4.69, 9.17) is 0 Å². The van der Waals surface area contributed by atoms with Crippen molar-refractivity contribution in [1.29, 1.82) is 0 Å². The highest BCUT2D eigenvalue weighted by molar-refractivity contribution is 14.1. The van der Waals surface area contributed by atoms with Crippen LogP contribution in [0, 0.1) is 5.92 Å². The van der Waals surface area contributed by atoms with E-state index in [0.717, 1.165) is 12.8 Å². The lowest BCUT2D eigenvalue weighted by Gasteiger charge is -2.24. The van der Waals surface area contributed by atoms with Crippen LogP contribution in [0.4, 0.5) is 0 Å². The molecular formula is C25H21I. The van der Waals surface area contributed by atoms with E-state index in [1.54, 1.807) is 0 Å². The molecule has 1 unspecified atom stereocenters. The molecule has 1 aromatic carbocycles. The van der Waals surface area contributed by atoms with Gasteiger partial charge in [0.15, 0.2) is 0 Å². The van der Waals surface area contributed by atoms with Gasteiger partial charge in [0.25, 0.3) is 0 Å². The molecule has 0 aliphatic heterocycles. The monoisotopic (exact) mass is 448 g/mol. The summed E-state index contributed by atoms with van der Waals surface area (Å²) in [6.45, 7) is 3.92. The van der Waals surface area contributed by atoms with Gasteiger partial charge < -0.3 is 0 Å². The zero-order valence-electron chi connectivity index (χ0n) is 14.7. The highest BCUT2D eigenvalue weighted by Gasteiger charge is 2.20. The number of rotatable bonds is 3. The Morgan fingerprint density at radius 1 is 1.12 bits per heavy atom. The molecule has 0 saturated carbocycles. The number of benzene rings is 1. The molecule has 0 fully saturated rings. The molecule has 0 N–H and O–H groups in total. The molecule has 1 heteroatoms. The summed E-state index contributed by atoms with van der Waals surface area (Å²) in [6.07, 6.45) is 24.2. The molecule has 3 aliphatic carbocycles. The van der Waals surface area contributed by atoms with Crippen LogP contribution in [0.2, 0.25) is 0 Å². The van der Waals surface area contributed by atoms with Gasteiger partial charge in [-0.1, -0.05) is 85.5 Å². The van der Waals surface area contributed by atoms with Crippen LogP contribution in [-0.2, 0) is 6.42 Å². The van der Waals surface area contributed by atoms with Gasteiger partial charge in [0.05, 0.1) is 0 Å². The van der Waals surface area contributed by atoms with Gasteiger partial charge in [0, 0.05) is 9.50 Å². The SMILES string of the molecule is C=C/C=C(\C=C1\C=Cc2ccccc2C1)C1=CC=C2C=C(I)C=CC2C1. The second kappa shape index (κ2) is 7.63. The van der Waals surface area contributed by atoms with Gasteiger partial charge in [-0.25, -0.2) is 0 Å². The highest BCUT2D eigenvalue weighted by Crippen LogP contribution is 2.36. The molecule has 1 atom stereocenters. The average molecular weight is 448 g/mol. The van der Waals surface area contributed by atoms with Crippen molar-refractivity contribution in [3.63, 3.8) is 0 Å². The Kier molecular flexibility index (Phi) is 5.07. The Hall–Kier alpha value is -2.13. The van der Waals surface area contributed by atoms with Crippen LogP contribution >= 0.6 is 22.6 Å². The van der Waals surface area contributed by atoms with Crippen molar-refractivity contribution >= 4 is 28.7 Å². The molecular weight excluding hydrogens is 427 g/mol. The lowest BCUT2D eigenvalue weighted by atomic mass is 9.81. The molecule has 26 heavy (non-hydrogen) atoms. The Labute approximate surface area is 169 Å². The summed E-state index contributed by atoms with van der Waals surface area (Å²) in [6, 6.07) is 8.63. The van der Waals surface area contributed by atoms with Crippen LogP contribution in [0.15, 0.2) is 111 Å². The first-order valence-electron chi connectivity index (χ1n) is 8.99. The highest BCUT2D eigenvalue weighted by atomic mass is 127. The van der Waals surface area contributed by atoms with Crippen molar-refractivity contribution in [1.82, 2.24) is 0 Å². The predicted molar refractivity (Wildman–Crippen MR) is 121 cm³/mol. The molecule has 128 valence electrons. The lowest BCUT2D eigenvalue weighted by molar-refractivity contribution is 0.753. The first kappa shape index (κ1) is 17.3. The Morgan fingerprint density at radius 3 is 2.88 bits per heavy atom. The van der Waals surface area contributed by atoms with Crippen LogP contribution in [0.1, 0.15) is 17.5 Å². The van der Waals surface area contributed by atoms with E-state index >= 15 is 0 Å². The molecule has 0 amide bonds. The van der Waals surface area contributed by atoms with Gasteiger partial charge in [-0.15, -0.1) is 0 Å². The largest absolute Gasteiger partial charge is 0.0990 e. The topological polar surface area (TPSA) is 0 Å². The van der Waals surface area contributed by atoms with Crippen LogP contribution < -0.4 is 0 Å². The van der Waals surface area contributed by atoms with Crippen molar-refractivity contribution in [2.24, 2.45) is 5.92 Å². The van der Waals surface area contributed by atoms with E-state index in [0.29, 0.717) is 5.92 Å². The smallest absolute Gasteiger partial charge is 0.0130 e. The first-order valence-corrected chi connectivity index (χ1v) is 10.1. The molecule has 1 aromatic rings. The molecule has 0 aromatic heterocycles. The van der Waals surface area contributed by atoms with E-state index in [2.05, 4.69) is 108 Å². The summed E-state index contributed by atoms with van der Waals surface area (Å²) in [5, 5.41) is 0. The summed E-state index contributed by atoms with van der Waals surface area (Å²) >= 11 is 2.39. The summed E-state index contributed by atoms with van der Waals surface area (Å²) in [5.74, 6) is 0.489. The van der Waals surface area contributed by atoms with E-state index < -0.39 is 0 Å². The van der Waals surface area contributed by atoms with Crippen LogP contribution in [0.5, 0.6) is 0 Å². The minimum Gasteiger partial charge on any atom is -0.0990 e. The maximum Gasteiger partial charge on any atom is 0.0130 e. The standard InChI is InChI=1S/C25H21I/c1-2-5-20(14-18-8-9-19-6-3-4-7-21(19)15-18)22-10-11-24-17-25(26)13-12-23(24)16-22/h2-14,17,23H,1,15-16H2/b18-14-,20-5+. The van der Waals surface area contributed by atoms with Crippen molar-refractivity contribution in [2.75, 3.05) is 0 Å². The number of allylic oxidation sites excluding steroid dienone is 14. The Balaban J connectivity index is 1.63. The van der Waals surface area contributed by atoms with E-state index in [1.165, 1.54) is 37.0 Å². The van der Waals surface area contributed by atoms with Gasteiger partial charge in [0.1, 0.15) is 0 Å². The van der Waals surface area contributed by atoms with E-state index in [9.17, 15) is 0 Å². The molecule has 0 heterocycles. The third-order valence-corrected chi connectivity index (χ3v) is 5.74. The second-order valence-corrected chi connectivity index (χ2v) is 8.09. The first-order chi connectivity index (χ1) is 12.7. The van der Waals surface area contributed by atoms with Gasteiger partial charge in [-0.05, 0) is 74.9 Å². The summed E-state index contributed by atoms with van der Waals surface area (Å²) in [4.78, 5) is 0. The number of hydrogen-bond donors (Lipinski definition) is 0. The maximum atomic E-state index is 3.92. The maximum absolute atomic E-state index is 3.92.